The van der Waals surface area contributed by atoms with Crippen LogP contribution in [0.3, 0.4) is 0 Å². The van der Waals surface area contributed by atoms with Gasteiger partial charge in [0, 0.05) is 6.20 Å². The fourth-order valence-corrected chi connectivity index (χ4v) is 0.944. The van der Waals surface area contributed by atoms with Crippen LogP contribution in [0.1, 0.15) is 1.43 Å². The van der Waals surface area contributed by atoms with Crippen LogP contribution in [0.4, 0.5) is 0 Å². The van der Waals surface area contributed by atoms with Crippen molar-refractivity contribution < 1.29 is 33.3 Å². The van der Waals surface area contributed by atoms with Crippen LogP contribution in [0, 0.1) is 0 Å². The Hall–Kier alpha value is -0.343. The summed E-state index contributed by atoms with van der Waals surface area (Å²) in [5.74, 6) is 0. The second kappa shape index (κ2) is 3.88. The van der Waals surface area contributed by atoms with Crippen LogP contribution >= 0.6 is 0 Å². The van der Waals surface area contributed by atoms with E-state index >= 15 is 0 Å². The van der Waals surface area contributed by atoms with Crippen molar-refractivity contribution in [1.82, 2.24) is 4.98 Å². The number of hydrogen-bond acceptors (Lipinski definition) is 3. The van der Waals surface area contributed by atoms with E-state index in [1.165, 1.54) is 18.3 Å². The summed E-state index contributed by atoms with van der Waals surface area (Å²) in [4.78, 5) is 3.41. The first kappa shape index (κ1) is 10.7. The molecule has 0 bridgehead atoms. The number of nitrogens with zero attached hydrogens (tertiary/aromatic N) is 1. The zero-order valence-corrected chi connectivity index (χ0v) is 6.75. The van der Waals surface area contributed by atoms with E-state index in [0.29, 0.717) is 0 Å². The molecule has 1 aromatic rings. The molecular formula is C5H6LiNO3S. The third-order valence-electron chi connectivity index (χ3n) is 0.902. The van der Waals surface area contributed by atoms with Crippen molar-refractivity contribution >= 4 is 10.1 Å². The van der Waals surface area contributed by atoms with Crippen molar-refractivity contribution in [2.75, 3.05) is 0 Å². The summed E-state index contributed by atoms with van der Waals surface area (Å²) in [6, 6.07) is 4.26. The number of aromatic nitrogens is 1. The Labute approximate surface area is 78.1 Å². The summed E-state index contributed by atoms with van der Waals surface area (Å²) in [5, 5.41) is -0.324. The van der Waals surface area contributed by atoms with E-state index in [2.05, 4.69) is 4.98 Å². The molecule has 0 radical (unpaired) electrons. The Morgan fingerprint density at radius 1 is 1.45 bits per heavy atom. The first-order chi connectivity index (χ1) is 4.61. The minimum Gasteiger partial charge on any atom is -1.00 e. The number of rotatable bonds is 1. The molecule has 1 heterocycles. The monoisotopic (exact) mass is 167 g/mol. The van der Waals surface area contributed by atoms with Crippen LogP contribution < -0.4 is 18.9 Å². The van der Waals surface area contributed by atoms with Crippen LogP contribution in [0.15, 0.2) is 29.4 Å². The van der Waals surface area contributed by atoms with Crippen molar-refractivity contribution in [3.05, 3.63) is 24.4 Å². The van der Waals surface area contributed by atoms with Gasteiger partial charge in [0.15, 0.2) is 5.03 Å². The van der Waals surface area contributed by atoms with Crippen molar-refractivity contribution in [2.24, 2.45) is 0 Å². The fraction of sp³-hybridized carbons (Fsp3) is 0. The van der Waals surface area contributed by atoms with Crippen LogP contribution in [0.25, 0.3) is 0 Å². The van der Waals surface area contributed by atoms with Gasteiger partial charge in [-0.05, 0) is 12.1 Å². The predicted molar refractivity (Wildman–Crippen MR) is 35.2 cm³/mol. The maximum atomic E-state index is 10.3. The quantitative estimate of drug-likeness (QED) is 0.369. The maximum absolute atomic E-state index is 10.3. The van der Waals surface area contributed by atoms with Crippen molar-refractivity contribution in [3.8, 4) is 0 Å². The molecule has 0 spiro atoms. The van der Waals surface area contributed by atoms with E-state index in [4.69, 9.17) is 4.55 Å². The summed E-state index contributed by atoms with van der Waals surface area (Å²) in [6.45, 7) is 0. The van der Waals surface area contributed by atoms with Gasteiger partial charge < -0.3 is 1.43 Å². The molecule has 56 valence electrons. The van der Waals surface area contributed by atoms with Crippen LogP contribution in [0.2, 0.25) is 0 Å². The van der Waals surface area contributed by atoms with E-state index < -0.39 is 10.1 Å². The molecule has 4 nitrogen and oxygen atoms in total. The normalized spacial score (nSPS) is 10.3. The van der Waals surface area contributed by atoms with Crippen molar-refractivity contribution in [3.63, 3.8) is 0 Å². The Kier molecular flexibility index (Phi) is 3.76. The molecule has 0 aliphatic carbocycles. The second-order valence-electron chi connectivity index (χ2n) is 1.64. The Morgan fingerprint density at radius 2 is 2.09 bits per heavy atom. The molecule has 1 aromatic heterocycles. The molecule has 0 saturated carbocycles. The number of hydrogen-bond donors (Lipinski definition) is 1. The molecule has 6 heteroatoms. The summed E-state index contributed by atoms with van der Waals surface area (Å²) in [7, 11) is -4.11. The second-order valence-corrected chi connectivity index (χ2v) is 3.01. The van der Waals surface area contributed by atoms with Crippen LogP contribution in [-0.4, -0.2) is 18.0 Å². The third kappa shape index (κ3) is 3.04. The standard InChI is InChI=1S/C5H5NO3S.Li.H/c7-10(8,9)5-3-1-2-4-6-5;;/h1-4H,(H,7,8,9);;/q;+1;-1. The third-order valence-corrected chi connectivity index (χ3v) is 1.67. The summed E-state index contributed by atoms with van der Waals surface area (Å²) < 4.78 is 29.1. The van der Waals surface area contributed by atoms with Gasteiger partial charge in [0.05, 0.1) is 0 Å². The van der Waals surface area contributed by atoms with E-state index in [1.54, 1.807) is 6.07 Å². The smallest absolute Gasteiger partial charge is 1.00 e. The molecule has 1 N–H and O–H groups in total. The number of pyridine rings is 1. The molecule has 0 amide bonds. The molecule has 0 fully saturated rings. The molecular weight excluding hydrogens is 161 g/mol. The molecule has 11 heavy (non-hydrogen) atoms. The minimum atomic E-state index is -4.11. The Bertz CT molecular complexity index is 315. The summed E-state index contributed by atoms with van der Waals surface area (Å²) in [6.07, 6.45) is 1.29. The van der Waals surface area contributed by atoms with E-state index in [-0.39, 0.29) is 25.3 Å². The van der Waals surface area contributed by atoms with E-state index in [9.17, 15) is 8.42 Å². The van der Waals surface area contributed by atoms with Crippen molar-refractivity contribution in [1.29, 1.82) is 0 Å². The van der Waals surface area contributed by atoms with Crippen LogP contribution in [0.5, 0.6) is 0 Å². The van der Waals surface area contributed by atoms with Gasteiger partial charge in [0.2, 0.25) is 0 Å². The average Bonchev–Trinajstić information content (AvgIpc) is 1.88. The van der Waals surface area contributed by atoms with Gasteiger partial charge in [-0.25, -0.2) is 4.98 Å². The molecule has 0 atom stereocenters. The van der Waals surface area contributed by atoms with Crippen molar-refractivity contribution in [2.45, 2.75) is 5.03 Å². The molecule has 1 rings (SSSR count). The van der Waals surface area contributed by atoms with Gasteiger partial charge >= 0.3 is 29.0 Å². The zero-order valence-electron chi connectivity index (χ0n) is 6.93. The Balaban J connectivity index is 0. The summed E-state index contributed by atoms with van der Waals surface area (Å²) >= 11 is 0. The molecule has 0 saturated heterocycles. The van der Waals surface area contributed by atoms with E-state index in [1.807, 2.05) is 0 Å². The van der Waals surface area contributed by atoms with Gasteiger partial charge in [-0.2, -0.15) is 8.42 Å². The molecule has 0 aliphatic heterocycles. The van der Waals surface area contributed by atoms with Crippen LogP contribution in [-0.2, 0) is 10.1 Å². The minimum absolute atomic E-state index is 0. The van der Waals surface area contributed by atoms with Gasteiger partial charge in [-0.15, -0.1) is 0 Å². The van der Waals surface area contributed by atoms with Gasteiger partial charge in [-0.1, -0.05) is 6.07 Å². The van der Waals surface area contributed by atoms with Gasteiger partial charge in [0.1, 0.15) is 0 Å². The molecule has 0 aliphatic rings. The predicted octanol–water partition coefficient (Wildman–Crippen LogP) is -2.56. The largest absolute Gasteiger partial charge is 1.00 e. The average molecular weight is 167 g/mol. The maximum Gasteiger partial charge on any atom is 1.00 e. The molecule has 0 aromatic carbocycles. The Morgan fingerprint density at radius 3 is 2.36 bits per heavy atom. The summed E-state index contributed by atoms with van der Waals surface area (Å²) in [5.41, 5.74) is 0. The zero-order chi connectivity index (χ0) is 7.61. The SMILES string of the molecule is O=S(=O)(O)c1ccccn1.[H-].[Li+]. The van der Waals surface area contributed by atoms with Gasteiger partial charge in [-0.3, -0.25) is 4.55 Å². The van der Waals surface area contributed by atoms with E-state index in [0.717, 1.165) is 0 Å². The first-order valence-corrected chi connectivity index (χ1v) is 3.93. The fourth-order valence-electron chi connectivity index (χ4n) is 0.500. The van der Waals surface area contributed by atoms with Gasteiger partial charge in [0.25, 0.3) is 0 Å². The molecule has 0 unspecified atom stereocenters. The first-order valence-electron chi connectivity index (χ1n) is 2.49. The topological polar surface area (TPSA) is 67.3 Å².